The Morgan fingerprint density at radius 1 is 1.57 bits per heavy atom. The number of alkyl halides is 1. The van der Waals surface area contributed by atoms with Crippen LogP contribution in [0.5, 0.6) is 0 Å². The van der Waals surface area contributed by atoms with Crippen molar-refractivity contribution in [3.8, 4) is 0 Å². The van der Waals surface area contributed by atoms with Gasteiger partial charge in [0.25, 0.3) is 0 Å². The highest BCUT2D eigenvalue weighted by molar-refractivity contribution is 9.10. The molecule has 0 fully saturated rings. The molecule has 1 aromatic carbocycles. The second-order valence-electron chi connectivity index (χ2n) is 2.97. The van der Waals surface area contributed by atoms with Gasteiger partial charge < -0.3 is 5.11 Å². The van der Waals surface area contributed by atoms with Crippen molar-refractivity contribution in [3.05, 3.63) is 33.8 Å². The first kappa shape index (κ1) is 11.7. The van der Waals surface area contributed by atoms with Crippen LogP contribution in [0.3, 0.4) is 0 Å². The number of carbonyl (C=O) groups excluding carboxylic acids is 1. The number of benzene rings is 1. The third-order valence-electron chi connectivity index (χ3n) is 1.87. The molecule has 0 heterocycles. The largest absolute Gasteiger partial charge is 0.392 e. The summed E-state index contributed by atoms with van der Waals surface area (Å²) < 4.78 is 0.851. The fourth-order valence-corrected chi connectivity index (χ4v) is 1.66. The summed E-state index contributed by atoms with van der Waals surface area (Å²) in [5, 5.41) is 9.34. The first-order chi connectivity index (χ1) is 6.67. The van der Waals surface area contributed by atoms with Crippen LogP contribution in [0.4, 0.5) is 0 Å². The maximum Gasteiger partial charge on any atom is 0.150 e. The van der Waals surface area contributed by atoms with Gasteiger partial charge in [-0.25, -0.2) is 0 Å². The molecule has 0 aliphatic rings. The second kappa shape index (κ2) is 5.49. The fraction of sp³-hybridized carbons (Fsp3) is 0.300. The van der Waals surface area contributed by atoms with Gasteiger partial charge in [0.15, 0.2) is 0 Å². The summed E-state index contributed by atoms with van der Waals surface area (Å²) in [7, 11) is 0. The molecule has 0 amide bonds. The van der Waals surface area contributed by atoms with Gasteiger partial charge in [-0.1, -0.05) is 22.0 Å². The third kappa shape index (κ3) is 3.08. The Morgan fingerprint density at radius 3 is 2.86 bits per heavy atom. The Balaban J connectivity index is 2.90. The van der Waals surface area contributed by atoms with Crippen LogP contribution in [0, 0.1) is 0 Å². The van der Waals surface area contributed by atoms with E-state index < -0.39 is 6.10 Å². The zero-order valence-electron chi connectivity index (χ0n) is 7.41. The van der Waals surface area contributed by atoms with Crippen LogP contribution >= 0.6 is 27.5 Å². The quantitative estimate of drug-likeness (QED) is 0.678. The van der Waals surface area contributed by atoms with Gasteiger partial charge in [0.2, 0.25) is 0 Å². The van der Waals surface area contributed by atoms with Crippen LogP contribution in [0.2, 0.25) is 0 Å². The average molecular weight is 278 g/mol. The zero-order valence-corrected chi connectivity index (χ0v) is 9.75. The predicted molar refractivity (Wildman–Crippen MR) is 60.0 cm³/mol. The van der Waals surface area contributed by atoms with E-state index in [9.17, 15) is 9.90 Å². The molecule has 0 aromatic heterocycles. The zero-order chi connectivity index (χ0) is 10.6. The summed E-state index contributed by atoms with van der Waals surface area (Å²) in [6.07, 6.45) is 0.586. The van der Waals surface area contributed by atoms with E-state index in [1.54, 1.807) is 6.07 Å². The molecule has 1 N–H and O–H groups in total. The topological polar surface area (TPSA) is 37.3 Å². The molecule has 0 spiro atoms. The van der Waals surface area contributed by atoms with E-state index in [4.69, 9.17) is 11.6 Å². The number of aldehydes is 1. The lowest BCUT2D eigenvalue weighted by molar-refractivity contribution is 0.112. The number of hydrogen-bond donors (Lipinski definition) is 1. The number of halogens is 2. The number of hydrogen-bond acceptors (Lipinski definition) is 2. The van der Waals surface area contributed by atoms with Crippen LogP contribution in [-0.2, 0) is 6.42 Å². The molecule has 1 unspecified atom stereocenters. The molecular formula is C10H10BrClO2. The van der Waals surface area contributed by atoms with E-state index in [-0.39, 0.29) is 5.88 Å². The molecule has 0 saturated carbocycles. The van der Waals surface area contributed by atoms with Gasteiger partial charge in [-0.3, -0.25) is 4.79 Å². The molecule has 1 atom stereocenters. The molecule has 1 rings (SSSR count). The van der Waals surface area contributed by atoms with Gasteiger partial charge in [-0.15, -0.1) is 11.6 Å². The second-order valence-corrected chi connectivity index (χ2v) is 4.20. The van der Waals surface area contributed by atoms with Gasteiger partial charge in [0, 0.05) is 22.3 Å². The summed E-state index contributed by atoms with van der Waals surface area (Å²) in [4.78, 5) is 10.7. The third-order valence-corrected chi connectivity index (χ3v) is 2.72. The molecule has 0 radical (unpaired) electrons. The van der Waals surface area contributed by atoms with Crippen LogP contribution in [0.15, 0.2) is 22.7 Å². The van der Waals surface area contributed by atoms with Crippen molar-refractivity contribution in [2.24, 2.45) is 0 Å². The lowest BCUT2D eigenvalue weighted by atomic mass is 10.0. The van der Waals surface area contributed by atoms with Crippen molar-refractivity contribution in [2.45, 2.75) is 12.5 Å². The summed E-state index contributed by atoms with van der Waals surface area (Å²) in [6, 6.07) is 5.37. The Bertz CT molecular complexity index is 328. The molecular weight excluding hydrogens is 267 g/mol. The predicted octanol–water partition coefficient (Wildman–Crippen LogP) is 2.40. The first-order valence-corrected chi connectivity index (χ1v) is 5.47. The summed E-state index contributed by atoms with van der Waals surface area (Å²) in [5.41, 5.74) is 1.40. The lowest BCUT2D eigenvalue weighted by Gasteiger charge is -2.08. The standard InChI is InChI=1S/C10H10BrClO2/c11-9-2-1-7(4-10(14)5-12)8(3-9)6-13/h1-3,6,10,14H,4-5H2. The van der Waals surface area contributed by atoms with Crippen molar-refractivity contribution >= 4 is 33.8 Å². The number of aliphatic hydroxyl groups excluding tert-OH is 1. The fourth-order valence-electron chi connectivity index (χ4n) is 1.17. The van der Waals surface area contributed by atoms with E-state index >= 15 is 0 Å². The van der Waals surface area contributed by atoms with E-state index in [0.29, 0.717) is 12.0 Å². The highest BCUT2D eigenvalue weighted by atomic mass is 79.9. The van der Waals surface area contributed by atoms with Gasteiger partial charge in [-0.2, -0.15) is 0 Å². The summed E-state index contributed by atoms with van der Waals surface area (Å²) >= 11 is 8.75. The molecule has 0 aliphatic heterocycles. The Labute approximate surface area is 96.0 Å². The SMILES string of the molecule is O=Cc1cc(Br)ccc1CC(O)CCl. The van der Waals surface area contributed by atoms with Crippen molar-refractivity contribution in [1.29, 1.82) is 0 Å². The highest BCUT2D eigenvalue weighted by Crippen LogP contribution is 2.16. The normalized spacial score (nSPS) is 12.5. The summed E-state index contributed by atoms with van der Waals surface area (Å²) in [6.45, 7) is 0. The molecule has 1 aromatic rings. The minimum Gasteiger partial charge on any atom is -0.392 e. The lowest BCUT2D eigenvalue weighted by Crippen LogP contribution is -2.13. The van der Waals surface area contributed by atoms with E-state index in [2.05, 4.69) is 15.9 Å². The van der Waals surface area contributed by atoms with E-state index in [1.807, 2.05) is 12.1 Å². The average Bonchev–Trinajstić information content (AvgIpc) is 2.20. The van der Waals surface area contributed by atoms with E-state index in [1.165, 1.54) is 0 Å². The smallest absolute Gasteiger partial charge is 0.150 e. The number of rotatable bonds is 4. The summed E-state index contributed by atoms with van der Waals surface area (Å²) in [5.74, 6) is 0.175. The van der Waals surface area contributed by atoms with Crippen LogP contribution in [-0.4, -0.2) is 23.4 Å². The van der Waals surface area contributed by atoms with Gasteiger partial charge in [0.1, 0.15) is 6.29 Å². The molecule has 4 heteroatoms. The molecule has 0 aliphatic carbocycles. The molecule has 0 bridgehead atoms. The minimum atomic E-state index is -0.600. The Morgan fingerprint density at radius 2 is 2.29 bits per heavy atom. The van der Waals surface area contributed by atoms with Crippen LogP contribution in [0.25, 0.3) is 0 Å². The van der Waals surface area contributed by atoms with Crippen molar-refractivity contribution < 1.29 is 9.90 Å². The molecule has 76 valence electrons. The van der Waals surface area contributed by atoms with Gasteiger partial charge in [0.05, 0.1) is 6.10 Å². The molecule has 2 nitrogen and oxygen atoms in total. The maximum absolute atomic E-state index is 10.7. The Hall–Kier alpha value is -0.380. The van der Waals surface area contributed by atoms with Gasteiger partial charge >= 0.3 is 0 Å². The van der Waals surface area contributed by atoms with Crippen molar-refractivity contribution in [1.82, 2.24) is 0 Å². The van der Waals surface area contributed by atoms with Crippen LogP contribution in [0.1, 0.15) is 15.9 Å². The van der Waals surface area contributed by atoms with Crippen molar-refractivity contribution in [3.63, 3.8) is 0 Å². The van der Waals surface area contributed by atoms with Crippen LogP contribution < -0.4 is 0 Å². The van der Waals surface area contributed by atoms with Crippen molar-refractivity contribution in [2.75, 3.05) is 5.88 Å². The highest BCUT2D eigenvalue weighted by Gasteiger charge is 2.08. The first-order valence-electron chi connectivity index (χ1n) is 4.15. The number of aliphatic hydroxyl groups is 1. The number of carbonyl (C=O) groups is 1. The molecule has 0 saturated heterocycles. The monoisotopic (exact) mass is 276 g/mol. The minimum absolute atomic E-state index is 0.175. The van der Waals surface area contributed by atoms with Gasteiger partial charge in [-0.05, 0) is 17.7 Å². The van der Waals surface area contributed by atoms with E-state index in [0.717, 1.165) is 16.3 Å². The Kier molecular flexibility index (Phi) is 4.58. The molecule has 14 heavy (non-hydrogen) atoms. The maximum atomic E-state index is 10.7.